The number of hydrogen-bond donors (Lipinski definition) is 0. The lowest BCUT2D eigenvalue weighted by atomic mass is 9.85. The molecule has 476 valence electrons. The number of carbonyl (C=O) groups excluding carboxylic acids is 1. The third-order valence-electron chi connectivity index (χ3n) is 14.5. The van der Waals surface area contributed by atoms with Gasteiger partial charge in [0.25, 0.3) is 0 Å². The Labute approximate surface area is 469 Å². The highest BCUT2D eigenvalue weighted by Crippen LogP contribution is 2.78. The highest BCUT2D eigenvalue weighted by atomic mass is 32.3. The van der Waals surface area contributed by atoms with Crippen LogP contribution in [0, 0.1) is 0 Å². The predicted molar refractivity (Wildman–Crippen MR) is 270 cm³/mol. The van der Waals surface area contributed by atoms with Gasteiger partial charge in [-0.25, -0.2) is 4.79 Å². The summed E-state index contributed by atoms with van der Waals surface area (Å²) in [7, 11) is -4.92. The molecule has 0 aromatic heterocycles. The lowest BCUT2D eigenvalue weighted by molar-refractivity contribution is -0.477. The zero-order chi connectivity index (χ0) is 65.7. The Hall–Kier alpha value is -4.13. The normalized spacial score (nSPS) is 15.1. The Morgan fingerprint density at radius 2 is 0.458 bits per heavy atom. The van der Waals surface area contributed by atoms with Crippen LogP contribution in [-0.4, -0.2) is 71.4 Å². The molecule has 0 saturated heterocycles. The smallest absolute Gasteiger partial charge is 0.397 e. The minimum absolute atomic E-state index is 0.127. The number of hydrogen-bond acceptors (Lipinski definition) is 2. The van der Waals surface area contributed by atoms with Crippen molar-refractivity contribution < 1.29 is 110 Å². The molecule has 0 N–H and O–H groups in total. The first-order valence-electron chi connectivity index (χ1n) is 26.2. The molecule has 0 spiro atoms. The van der Waals surface area contributed by atoms with E-state index in [1.807, 2.05) is 0 Å². The average Bonchev–Trinajstić information content (AvgIpc) is 3.32. The number of halogens is 23. The molecular weight excluding hydrogens is 1190 g/mol. The van der Waals surface area contributed by atoms with E-state index in [1.165, 1.54) is 0 Å². The van der Waals surface area contributed by atoms with Crippen LogP contribution in [0.1, 0.15) is 228 Å². The van der Waals surface area contributed by atoms with Crippen LogP contribution in [0.2, 0.25) is 0 Å². The topological polar surface area (TPSA) is 26.3 Å². The van der Waals surface area contributed by atoms with Gasteiger partial charge in [-0.2, -0.15) is 101 Å². The number of rotatable bonds is 23. The van der Waals surface area contributed by atoms with E-state index in [4.69, 9.17) is 4.18 Å². The summed E-state index contributed by atoms with van der Waals surface area (Å²) >= 11 is 0. The van der Waals surface area contributed by atoms with E-state index in [2.05, 4.69) is 0 Å². The van der Waals surface area contributed by atoms with Crippen molar-refractivity contribution in [2.24, 2.45) is 0 Å². The second-order valence-corrected chi connectivity index (χ2v) is 26.2. The van der Waals surface area contributed by atoms with Crippen molar-refractivity contribution in [2.75, 3.05) is 0 Å². The van der Waals surface area contributed by atoms with Crippen LogP contribution in [0.25, 0.3) is 0 Å². The number of alkyl halides is 23. The van der Waals surface area contributed by atoms with Crippen LogP contribution in [-0.2, 0) is 8.98 Å². The Morgan fingerprint density at radius 3 is 0.614 bits per heavy atom. The molecule has 0 heterocycles. The van der Waals surface area contributed by atoms with E-state index in [-0.39, 0.29) is 65.8 Å². The first kappa shape index (κ1) is 73.1. The zero-order valence-corrected chi connectivity index (χ0v) is 49.4. The summed E-state index contributed by atoms with van der Waals surface area (Å²) in [5.41, 5.74) is 2.36. The van der Waals surface area contributed by atoms with Crippen molar-refractivity contribution in [3.05, 3.63) is 86.5 Å². The molecule has 0 atom stereocenters. The zero-order valence-electron chi connectivity index (χ0n) is 48.6. The van der Waals surface area contributed by atoms with Gasteiger partial charge in [-0.1, -0.05) is 161 Å². The molecule has 0 aliphatic carbocycles. The van der Waals surface area contributed by atoms with Gasteiger partial charge in [0, 0.05) is 14.7 Å². The number of benzene rings is 3. The van der Waals surface area contributed by atoms with E-state index >= 15 is 57.5 Å². The van der Waals surface area contributed by atoms with Gasteiger partial charge in [-0.3, -0.25) is 0 Å². The monoisotopic (exact) mass is 1250 g/mol. The third-order valence-corrected chi connectivity index (χ3v) is 18.0. The van der Waals surface area contributed by atoms with Crippen LogP contribution in [0.15, 0.2) is 51.1 Å². The average molecular weight is 1260 g/mol. The van der Waals surface area contributed by atoms with Gasteiger partial charge in [-0.05, 0) is 114 Å². The molecule has 3 aromatic rings. The van der Waals surface area contributed by atoms with E-state index in [1.54, 1.807) is 161 Å². The SMILES string of the molecule is CC(C)c1cc(C(C)C)c(S(OC(=O)C(F)(F)C(F)(F)C(F)(F)C(F)(F)C(F)(F)C(F)(F)C(F)(F)C(F)(F)C(F)(F)C(F)(F)C(F)(F)F)(c2c(C(C)C)cc(C(C)C)cc2C(C)C)c2c(C(C)C)cc(C(C)C)cc2C(C)C)c(C(C)C)c1. The van der Waals surface area contributed by atoms with E-state index in [0.29, 0.717) is 16.7 Å². The van der Waals surface area contributed by atoms with Crippen LogP contribution < -0.4 is 0 Å². The molecule has 2 nitrogen and oxygen atoms in total. The molecule has 0 aliphatic rings. The molecule has 0 saturated carbocycles. The van der Waals surface area contributed by atoms with Crippen molar-refractivity contribution in [1.82, 2.24) is 0 Å². The van der Waals surface area contributed by atoms with Gasteiger partial charge in [0.2, 0.25) is 0 Å². The fourth-order valence-electron chi connectivity index (χ4n) is 9.15. The maximum absolute atomic E-state index is 17.3. The maximum atomic E-state index is 17.3. The first-order valence-corrected chi connectivity index (χ1v) is 27.8. The van der Waals surface area contributed by atoms with Crippen molar-refractivity contribution in [3.8, 4) is 0 Å². The van der Waals surface area contributed by atoms with Crippen molar-refractivity contribution >= 4 is 16.3 Å². The minimum atomic E-state index is -9.61. The van der Waals surface area contributed by atoms with Crippen molar-refractivity contribution in [3.63, 3.8) is 0 Å². The summed E-state index contributed by atoms with van der Waals surface area (Å²) in [5, 5.41) is 0. The van der Waals surface area contributed by atoms with E-state index < -0.39 is 117 Å². The maximum Gasteiger partial charge on any atom is 0.460 e. The number of carbonyl (C=O) groups is 1. The second kappa shape index (κ2) is 23.2. The fraction of sp³-hybridized carbons (Fsp3) is 0.667. The van der Waals surface area contributed by atoms with Gasteiger partial charge in [-0.15, -0.1) is 0 Å². The first-order chi connectivity index (χ1) is 36.8. The fourth-order valence-corrected chi connectivity index (χ4v) is 14.1. The van der Waals surface area contributed by atoms with Gasteiger partial charge < -0.3 is 4.18 Å². The third kappa shape index (κ3) is 11.3. The van der Waals surface area contributed by atoms with Crippen LogP contribution >= 0.6 is 10.3 Å². The molecule has 26 heteroatoms. The Kier molecular flexibility index (Phi) is 20.4. The summed E-state index contributed by atoms with van der Waals surface area (Å²) in [5.74, 6) is -101. The minimum Gasteiger partial charge on any atom is -0.397 e. The van der Waals surface area contributed by atoms with Crippen molar-refractivity contribution in [2.45, 2.75) is 258 Å². The Bertz CT molecular complexity index is 2550. The largest absolute Gasteiger partial charge is 0.460 e. The van der Waals surface area contributed by atoms with Crippen LogP contribution in [0.3, 0.4) is 0 Å². The molecule has 0 unspecified atom stereocenters. The molecule has 0 fully saturated rings. The van der Waals surface area contributed by atoms with Gasteiger partial charge >= 0.3 is 71.4 Å². The molecule has 0 aliphatic heterocycles. The molecule has 0 bridgehead atoms. The molecule has 0 radical (unpaired) electrons. The molecule has 83 heavy (non-hydrogen) atoms. The highest BCUT2D eigenvalue weighted by Gasteiger charge is 2.99. The van der Waals surface area contributed by atoms with Crippen molar-refractivity contribution in [1.29, 1.82) is 0 Å². The standard InChI is InChI=1S/C57H69F23O2S/c1-25(2)34-19-37(28(7)8)43(38(20-34)29(9)10)83(44-39(30(11)12)21-35(26(3)4)22-40(44)31(13)14,45-41(32(15)16)23-36(27(5)6)24-42(45)33(17)18)82-46(81)47(58,59)48(60,61)49(62,63)50(64,65)51(66,67)52(68,69)53(70,71)54(72,73)55(74,75)56(76,77)57(78,79)80/h19-33H,1-18H3. The summed E-state index contributed by atoms with van der Waals surface area (Å²) < 4.78 is 350. The Balaban J connectivity index is 2.92. The molecule has 3 aromatic carbocycles. The summed E-state index contributed by atoms with van der Waals surface area (Å²) in [6.07, 6.45) is -8.19. The lowest BCUT2D eigenvalue weighted by Crippen LogP contribution is -2.78. The van der Waals surface area contributed by atoms with E-state index in [0.717, 1.165) is 0 Å². The van der Waals surface area contributed by atoms with Gasteiger partial charge in [0.15, 0.2) is 0 Å². The quantitative estimate of drug-likeness (QED) is 0.0885. The molecule has 3 rings (SSSR count). The van der Waals surface area contributed by atoms with Gasteiger partial charge in [0.1, 0.15) is 0 Å². The predicted octanol–water partition coefficient (Wildman–Crippen LogP) is 22.5. The molecular formula is C57H69F23O2S. The van der Waals surface area contributed by atoms with Gasteiger partial charge in [0.05, 0.1) is 0 Å². The van der Waals surface area contributed by atoms with Crippen LogP contribution in [0.4, 0.5) is 101 Å². The van der Waals surface area contributed by atoms with Crippen LogP contribution in [0.5, 0.6) is 0 Å². The highest BCUT2D eigenvalue weighted by molar-refractivity contribution is 8.30. The summed E-state index contributed by atoms with van der Waals surface area (Å²) in [4.78, 5) is 14.4. The Morgan fingerprint density at radius 1 is 0.289 bits per heavy atom. The lowest BCUT2D eigenvalue weighted by Gasteiger charge is -2.49. The van der Waals surface area contributed by atoms with E-state index in [9.17, 15) is 48.3 Å². The molecule has 0 amide bonds. The second-order valence-electron chi connectivity index (χ2n) is 23.6. The summed E-state index contributed by atoms with van der Waals surface area (Å²) in [6, 6.07) is 9.38. The summed E-state index contributed by atoms with van der Waals surface area (Å²) in [6.45, 7) is 29.4.